The number of nitrogens with one attached hydrogen (secondary N) is 2. The summed E-state index contributed by atoms with van der Waals surface area (Å²) in [5.74, 6) is -1.72. The van der Waals surface area contributed by atoms with Crippen LogP contribution in [0.3, 0.4) is 0 Å². The summed E-state index contributed by atoms with van der Waals surface area (Å²) in [5.41, 5.74) is 4.23. The molecule has 0 bridgehead atoms. The van der Waals surface area contributed by atoms with Crippen LogP contribution in [0.1, 0.15) is 142 Å². The van der Waals surface area contributed by atoms with Crippen molar-refractivity contribution in [2.45, 2.75) is 143 Å². The van der Waals surface area contributed by atoms with Crippen LogP contribution in [-0.4, -0.2) is 60.3 Å². The number of hydrogen-bond acceptors (Lipinski definition) is 8. The summed E-state index contributed by atoms with van der Waals surface area (Å²) in [6.45, 7) is 25.0. The Morgan fingerprint density at radius 2 is 0.788 bits per heavy atom. The first-order valence-electron chi connectivity index (χ1n) is 18.4. The molecule has 0 spiro atoms. The largest absolute Gasteiger partial charge is 0.507 e. The molecule has 0 saturated carbocycles. The van der Waals surface area contributed by atoms with Crippen molar-refractivity contribution in [3.63, 3.8) is 0 Å². The quantitative estimate of drug-likeness (QED) is 0.0929. The van der Waals surface area contributed by atoms with Crippen LogP contribution >= 0.6 is 0 Å². The average molecular weight is 725 g/mol. The van der Waals surface area contributed by atoms with Crippen LogP contribution in [0.5, 0.6) is 11.5 Å². The van der Waals surface area contributed by atoms with Crippen LogP contribution in [0.4, 0.5) is 0 Å². The Bertz CT molecular complexity index is 1380. The van der Waals surface area contributed by atoms with Gasteiger partial charge in [0.1, 0.15) is 11.5 Å². The standard InChI is InChI=1S/C42H64N2O8/c1-39(2,3)29-23-27(24-30(35(29)47)40(4,5)6)15-17-33(45)51-21-13-19-43-37(49)38(50)44-20-14-22-52-34(46)18-16-28-25-31(41(7,8)9)36(48)32(26-28)42(10,11)12/h23-26,47-48H,13-22H2,1-12H3,(H,43,49)(H,44,50). The van der Waals surface area contributed by atoms with Gasteiger partial charge in [-0.15, -0.1) is 0 Å². The molecule has 0 fully saturated rings. The van der Waals surface area contributed by atoms with E-state index in [1.54, 1.807) is 0 Å². The number of hydrogen-bond donors (Lipinski definition) is 4. The van der Waals surface area contributed by atoms with E-state index in [0.717, 1.165) is 33.4 Å². The second-order valence-electron chi connectivity index (χ2n) is 17.7. The molecule has 0 aliphatic rings. The Hall–Kier alpha value is -4.08. The molecular formula is C42H64N2O8. The smallest absolute Gasteiger partial charge is 0.309 e. The number of benzene rings is 2. The zero-order chi connectivity index (χ0) is 39.7. The van der Waals surface area contributed by atoms with E-state index in [4.69, 9.17) is 9.47 Å². The van der Waals surface area contributed by atoms with E-state index < -0.39 is 11.8 Å². The number of aryl methyl sites for hydroxylation is 2. The fourth-order valence-corrected chi connectivity index (χ4v) is 5.68. The number of ether oxygens (including phenoxy) is 2. The molecule has 2 rings (SSSR count). The van der Waals surface area contributed by atoms with Gasteiger partial charge >= 0.3 is 23.8 Å². The highest BCUT2D eigenvalue weighted by atomic mass is 16.5. The molecule has 52 heavy (non-hydrogen) atoms. The van der Waals surface area contributed by atoms with Gasteiger partial charge in [0.15, 0.2) is 0 Å². The van der Waals surface area contributed by atoms with Crippen LogP contribution in [-0.2, 0) is 63.2 Å². The minimum Gasteiger partial charge on any atom is -0.507 e. The van der Waals surface area contributed by atoms with Crippen molar-refractivity contribution >= 4 is 23.8 Å². The monoisotopic (exact) mass is 724 g/mol. The van der Waals surface area contributed by atoms with E-state index in [-0.39, 0.29) is 72.7 Å². The van der Waals surface area contributed by atoms with Gasteiger partial charge < -0.3 is 30.3 Å². The van der Waals surface area contributed by atoms with E-state index in [1.807, 2.05) is 107 Å². The first-order chi connectivity index (χ1) is 23.8. The van der Waals surface area contributed by atoms with Crippen molar-refractivity contribution in [2.24, 2.45) is 0 Å². The van der Waals surface area contributed by atoms with Gasteiger partial charge in [-0.3, -0.25) is 19.2 Å². The molecule has 0 radical (unpaired) electrons. The van der Waals surface area contributed by atoms with E-state index in [1.165, 1.54) is 0 Å². The highest BCUT2D eigenvalue weighted by Crippen LogP contribution is 2.41. The average Bonchev–Trinajstić information content (AvgIpc) is 3.00. The number of esters is 2. The molecule has 0 heterocycles. The Morgan fingerprint density at radius 3 is 1.04 bits per heavy atom. The zero-order valence-corrected chi connectivity index (χ0v) is 33.7. The normalized spacial score (nSPS) is 12.3. The third-order valence-electron chi connectivity index (χ3n) is 8.75. The van der Waals surface area contributed by atoms with Crippen LogP contribution in [0.2, 0.25) is 0 Å². The van der Waals surface area contributed by atoms with E-state index in [0.29, 0.717) is 37.2 Å². The van der Waals surface area contributed by atoms with Gasteiger partial charge in [-0.05, 0) is 80.7 Å². The third-order valence-corrected chi connectivity index (χ3v) is 8.75. The number of rotatable bonds is 14. The fraction of sp³-hybridized carbons (Fsp3) is 0.619. The third kappa shape index (κ3) is 13.8. The van der Waals surface area contributed by atoms with Gasteiger partial charge in [0.2, 0.25) is 0 Å². The highest BCUT2D eigenvalue weighted by Gasteiger charge is 2.28. The maximum atomic E-state index is 12.4. The van der Waals surface area contributed by atoms with Crippen molar-refractivity contribution in [1.82, 2.24) is 10.6 Å². The molecule has 10 nitrogen and oxygen atoms in total. The number of amides is 2. The Kier molecular flexibility index (Phi) is 15.3. The van der Waals surface area contributed by atoms with Gasteiger partial charge in [-0.2, -0.15) is 0 Å². The van der Waals surface area contributed by atoms with Crippen molar-refractivity contribution in [1.29, 1.82) is 0 Å². The summed E-state index contributed by atoms with van der Waals surface area (Å²) in [6.07, 6.45) is 1.99. The minimum absolute atomic E-state index is 0.102. The fourth-order valence-electron chi connectivity index (χ4n) is 5.68. The molecule has 0 aliphatic carbocycles. The number of phenolic OH excluding ortho intramolecular Hbond substituents is 2. The molecule has 2 aromatic carbocycles. The first-order valence-corrected chi connectivity index (χ1v) is 18.4. The van der Waals surface area contributed by atoms with Gasteiger partial charge in [0.25, 0.3) is 0 Å². The summed E-state index contributed by atoms with van der Waals surface area (Å²) in [6, 6.07) is 7.82. The molecule has 290 valence electrons. The maximum Gasteiger partial charge on any atom is 0.309 e. The van der Waals surface area contributed by atoms with Gasteiger partial charge in [-0.1, -0.05) is 107 Å². The molecule has 0 saturated heterocycles. The van der Waals surface area contributed by atoms with Crippen molar-refractivity contribution in [3.8, 4) is 11.5 Å². The first kappa shape index (κ1) is 44.1. The number of aromatic hydroxyl groups is 2. The molecule has 0 aliphatic heterocycles. The van der Waals surface area contributed by atoms with Gasteiger partial charge in [-0.25, -0.2) is 0 Å². The van der Waals surface area contributed by atoms with Crippen LogP contribution in [0, 0.1) is 0 Å². The predicted octanol–water partition coefficient (Wildman–Crippen LogP) is 6.95. The lowest BCUT2D eigenvalue weighted by molar-refractivity contribution is -0.144. The SMILES string of the molecule is CC(C)(C)c1cc(CCC(=O)OCCCNC(=O)C(=O)NCCCOC(=O)CCc2cc(C(C)(C)C)c(O)c(C(C)(C)C)c2)cc(C(C)(C)C)c1O. The lowest BCUT2D eigenvalue weighted by Crippen LogP contribution is -2.41. The molecule has 2 aromatic rings. The number of carbonyl (C=O) groups is 4. The molecule has 0 aromatic heterocycles. The number of phenols is 2. The van der Waals surface area contributed by atoms with Crippen molar-refractivity contribution < 1.29 is 38.9 Å². The van der Waals surface area contributed by atoms with Crippen molar-refractivity contribution in [3.05, 3.63) is 57.6 Å². The topological polar surface area (TPSA) is 151 Å². The molecular weight excluding hydrogens is 660 g/mol. The Labute approximate surface area is 311 Å². The van der Waals surface area contributed by atoms with Gasteiger partial charge in [0.05, 0.1) is 13.2 Å². The summed E-state index contributed by atoms with van der Waals surface area (Å²) >= 11 is 0. The molecule has 10 heteroatoms. The van der Waals surface area contributed by atoms with Crippen molar-refractivity contribution in [2.75, 3.05) is 26.3 Å². The lowest BCUT2D eigenvalue weighted by atomic mass is 9.78. The second kappa shape index (κ2) is 18.1. The summed E-state index contributed by atoms with van der Waals surface area (Å²) in [7, 11) is 0. The molecule has 0 atom stereocenters. The molecule has 0 unspecified atom stereocenters. The van der Waals surface area contributed by atoms with E-state index >= 15 is 0 Å². The molecule has 4 N–H and O–H groups in total. The predicted molar refractivity (Wildman–Crippen MR) is 205 cm³/mol. The highest BCUT2D eigenvalue weighted by molar-refractivity contribution is 6.35. The Morgan fingerprint density at radius 1 is 0.519 bits per heavy atom. The Balaban J connectivity index is 1.67. The summed E-state index contributed by atoms with van der Waals surface area (Å²) in [4.78, 5) is 49.1. The summed E-state index contributed by atoms with van der Waals surface area (Å²) in [5, 5.41) is 26.9. The van der Waals surface area contributed by atoms with E-state index in [2.05, 4.69) is 10.6 Å². The maximum absolute atomic E-state index is 12.4. The van der Waals surface area contributed by atoms with Gasteiger partial charge in [0, 0.05) is 25.9 Å². The molecule has 2 amide bonds. The van der Waals surface area contributed by atoms with E-state index in [9.17, 15) is 29.4 Å². The lowest BCUT2D eigenvalue weighted by Gasteiger charge is -2.28. The van der Waals surface area contributed by atoms with Crippen LogP contribution in [0.15, 0.2) is 24.3 Å². The number of carbonyl (C=O) groups excluding carboxylic acids is 4. The van der Waals surface area contributed by atoms with Crippen LogP contribution in [0.25, 0.3) is 0 Å². The minimum atomic E-state index is -0.793. The van der Waals surface area contributed by atoms with Crippen LogP contribution < -0.4 is 10.6 Å². The zero-order valence-electron chi connectivity index (χ0n) is 33.7. The summed E-state index contributed by atoms with van der Waals surface area (Å²) < 4.78 is 10.7. The second-order valence-corrected chi connectivity index (χ2v) is 17.7.